The monoisotopic (exact) mass is 322 g/mol. The highest BCUT2D eigenvalue weighted by atomic mass is 17.1. The van der Waals surface area contributed by atoms with Crippen LogP contribution < -0.4 is 0 Å². The molecule has 0 amide bonds. The fourth-order valence-corrected chi connectivity index (χ4v) is 3.08. The zero-order chi connectivity index (χ0) is 17.1. The molecule has 0 spiro atoms. The van der Waals surface area contributed by atoms with Gasteiger partial charge in [-0.2, -0.15) is 0 Å². The average molecular weight is 322 g/mol. The van der Waals surface area contributed by atoms with E-state index in [1.165, 1.54) is 6.92 Å². The Morgan fingerprint density at radius 3 is 2.74 bits per heavy atom. The van der Waals surface area contributed by atoms with Crippen LogP contribution in [0.1, 0.15) is 33.1 Å². The number of fused-ring (bicyclic) bond motifs is 1. The van der Waals surface area contributed by atoms with E-state index in [0.717, 1.165) is 5.57 Å². The summed E-state index contributed by atoms with van der Waals surface area (Å²) >= 11 is 0. The van der Waals surface area contributed by atoms with Gasteiger partial charge in [0.2, 0.25) is 0 Å². The van der Waals surface area contributed by atoms with E-state index in [-0.39, 0.29) is 12.0 Å². The summed E-state index contributed by atoms with van der Waals surface area (Å²) in [6, 6.07) is 0. The second kappa shape index (κ2) is 7.10. The molecular formula is C17H22O6. The van der Waals surface area contributed by atoms with E-state index in [1.54, 1.807) is 0 Å². The Morgan fingerprint density at radius 1 is 1.43 bits per heavy atom. The van der Waals surface area contributed by atoms with Gasteiger partial charge in [-0.15, -0.1) is 0 Å². The molecule has 2 rings (SSSR count). The molecule has 0 aromatic carbocycles. The summed E-state index contributed by atoms with van der Waals surface area (Å²) in [5, 5.41) is 9.09. The van der Waals surface area contributed by atoms with E-state index in [1.807, 2.05) is 13.0 Å². The Balaban J connectivity index is 2.40. The van der Waals surface area contributed by atoms with Gasteiger partial charge >= 0.3 is 11.9 Å². The number of allylic oxidation sites excluding steroid dienone is 1. The molecule has 1 heterocycles. The van der Waals surface area contributed by atoms with Gasteiger partial charge in [-0.05, 0) is 31.4 Å². The summed E-state index contributed by atoms with van der Waals surface area (Å²) in [4.78, 5) is 27.9. The molecule has 1 N–H and O–H groups in total. The maximum atomic E-state index is 11.9. The van der Waals surface area contributed by atoms with Crippen LogP contribution >= 0.6 is 0 Å². The van der Waals surface area contributed by atoms with E-state index >= 15 is 0 Å². The van der Waals surface area contributed by atoms with Crippen molar-refractivity contribution >= 4 is 11.9 Å². The third kappa shape index (κ3) is 3.89. The molecule has 1 aliphatic carbocycles. The Kier molecular flexibility index (Phi) is 5.38. The van der Waals surface area contributed by atoms with Gasteiger partial charge in [0.25, 0.3) is 0 Å². The van der Waals surface area contributed by atoms with Crippen LogP contribution in [0.2, 0.25) is 0 Å². The van der Waals surface area contributed by atoms with Crippen molar-refractivity contribution in [2.75, 3.05) is 0 Å². The van der Waals surface area contributed by atoms with E-state index in [2.05, 4.69) is 18.0 Å². The molecule has 0 aromatic heterocycles. The lowest BCUT2D eigenvalue weighted by Gasteiger charge is -2.29. The lowest BCUT2D eigenvalue weighted by molar-refractivity contribution is -0.270. The topological polar surface area (TPSA) is 82.1 Å². The Morgan fingerprint density at radius 2 is 2.13 bits per heavy atom. The van der Waals surface area contributed by atoms with Gasteiger partial charge in [0.1, 0.15) is 18.3 Å². The fourth-order valence-electron chi connectivity index (χ4n) is 3.08. The van der Waals surface area contributed by atoms with E-state index in [0.29, 0.717) is 18.4 Å². The third-order valence-electron chi connectivity index (χ3n) is 4.28. The highest BCUT2D eigenvalue weighted by molar-refractivity contribution is 5.91. The van der Waals surface area contributed by atoms with Crippen molar-refractivity contribution in [3.63, 3.8) is 0 Å². The summed E-state index contributed by atoms with van der Waals surface area (Å²) < 4.78 is 10.8. The van der Waals surface area contributed by atoms with Crippen molar-refractivity contribution in [2.45, 2.75) is 51.4 Å². The van der Waals surface area contributed by atoms with E-state index < -0.39 is 36.2 Å². The number of ether oxygens (including phenoxy) is 2. The highest BCUT2D eigenvalue weighted by Gasteiger charge is 2.44. The minimum atomic E-state index is -0.649. The van der Waals surface area contributed by atoms with Crippen molar-refractivity contribution in [3.05, 3.63) is 36.0 Å². The number of hydrogen-bond acceptors (Lipinski definition) is 6. The van der Waals surface area contributed by atoms with Gasteiger partial charge in [-0.25, -0.2) is 9.68 Å². The Hall–Kier alpha value is -1.92. The number of esters is 2. The van der Waals surface area contributed by atoms with Gasteiger partial charge in [0.05, 0.1) is 5.92 Å². The maximum Gasteiger partial charge on any atom is 0.334 e. The van der Waals surface area contributed by atoms with Crippen molar-refractivity contribution in [1.82, 2.24) is 0 Å². The molecular weight excluding hydrogens is 300 g/mol. The first-order chi connectivity index (χ1) is 10.8. The van der Waals surface area contributed by atoms with Crippen LogP contribution in [0.3, 0.4) is 0 Å². The second-order valence-corrected chi connectivity index (χ2v) is 6.08. The fraction of sp³-hybridized carbons (Fsp3) is 0.529. The number of carbonyl (C=O) groups is 2. The van der Waals surface area contributed by atoms with Gasteiger partial charge in [0.15, 0.2) is 0 Å². The second-order valence-electron chi connectivity index (χ2n) is 6.08. The van der Waals surface area contributed by atoms with Crippen LogP contribution in [0, 0.1) is 5.92 Å². The molecule has 126 valence electrons. The van der Waals surface area contributed by atoms with E-state index in [4.69, 9.17) is 14.7 Å². The number of rotatable bonds is 2. The molecule has 1 fully saturated rings. The van der Waals surface area contributed by atoms with Gasteiger partial charge < -0.3 is 9.47 Å². The van der Waals surface area contributed by atoms with Crippen LogP contribution in [0.25, 0.3) is 0 Å². The van der Waals surface area contributed by atoms with Crippen LogP contribution in [0.5, 0.6) is 0 Å². The molecule has 0 aromatic rings. The summed E-state index contributed by atoms with van der Waals surface area (Å²) in [6.07, 6.45) is 1.59. The first-order valence-electron chi connectivity index (χ1n) is 7.55. The summed E-state index contributed by atoms with van der Waals surface area (Å²) in [5.41, 5.74) is 1.86. The molecule has 6 nitrogen and oxygen atoms in total. The highest BCUT2D eigenvalue weighted by Crippen LogP contribution is 2.37. The maximum absolute atomic E-state index is 11.9. The SMILES string of the molecule is C=C1C(=O)O[C@@H]2/C=C(\C)CC[C@@H](OO)C(=C)C[C@H](OC(C)=O)[C@@H]12. The molecule has 1 saturated heterocycles. The smallest absolute Gasteiger partial charge is 0.334 e. The number of carbonyl (C=O) groups excluding carboxylic acids is 2. The lowest BCUT2D eigenvalue weighted by Crippen LogP contribution is -2.34. The standard InChI is InChI=1S/C17H22O6/c1-9-5-6-13(23-20)10(2)8-15(21-12(4)18)16-11(3)17(19)22-14(16)7-9/h7,13-16,20H,2-3,5-6,8H2,1,4H3/b9-7+/t13-,14-,15+,16+/m1/s1. The minimum Gasteiger partial charge on any atom is -0.461 e. The predicted molar refractivity (Wildman–Crippen MR) is 82.3 cm³/mol. The summed E-state index contributed by atoms with van der Waals surface area (Å²) in [7, 11) is 0. The summed E-state index contributed by atoms with van der Waals surface area (Å²) in [5.74, 6) is -1.43. The first kappa shape index (κ1) is 17.4. The van der Waals surface area contributed by atoms with Crippen molar-refractivity contribution in [1.29, 1.82) is 0 Å². The zero-order valence-electron chi connectivity index (χ0n) is 13.4. The van der Waals surface area contributed by atoms with Gasteiger partial charge in [-0.3, -0.25) is 10.1 Å². The molecule has 0 unspecified atom stereocenters. The summed E-state index contributed by atoms with van der Waals surface area (Å²) in [6.45, 7) is 10.9. The molecule has 0 saturated carbocycles. The third-order valence-corrected chi connectivity index (χ3v) is 4.28. The van der Waals surface area contributed by atoms with Crippen LogP contribution in [-0.4, -0.2) is 35.5 Å². The van der Waals surface area contributed by atoms with Crippen molar-refractivity contribution < 1.29 is 29.2 Å². The Labute approximate surface area is 135 Å². The van der Waals surface area contributed by atoms with Gasteiger partial charge in [0, 0.05) is 18.9 Å². The quantitative estimate of drug-likeness (QED) is 0.277. The molecule has 4 atom stereocenters. The minimum absolute atomic E-state index is 0.258. The van der Waals surface area contributed by atoms with Crippen LogP contribution in [-0.2, 0) is 24.0 Å². The number of hydrogen-bond donors (Lipinski definition) is 1. The van der Waals surface area contributed by atoms with Crippen LogP contribution in [0.15, 0.2) is 36.0 Å². The van der Waals surface area contributed by atoms with Crippen molar-refractivity contribution in [3.8, 4) is 0 Å². The van der Waals surface area contributed by atoms with Crippen LogP contribution in [0.4, 0.5) is 0 Å². The zero-order valence-corrected chi connectivity index (χ0v) is 13.4. The molecule has 6 heteroatoms. The molecule has 1 aliphatic heterocycles. The predicted octanol–water partition coefficient (Wildman–Crippen LogP) is 2.56. The molecule has 23 heavy (non-hydrogen) atoms. The van der Waals surface area contributed by atoms with Crippen molar-refractivity contribution in [2.24, 2.45) is 5.92 Å². The van der Waals surface area contributed by atoms with E-state index in [9.17, 15) is 9.59 Å². The lowest BCUT2D eigenvalue weighted by atomic mass is 9.84. The largest absolute Gasteiger partial charge is 0.461 e. The molecule has 0 radical (unpaired) electrons. The average Bonchev–Trinajstić information content (AvgIpc) is 2.72. The first-order valence-corrected chi connectivity index (χ1v) is 7.55. The molecule has 2 aliphatic rings. The Bertz CT molecular complexity index is 561. The van der Waals surface area contributed by atoms with Gasteiger partial charge in [-0.1, -0.05) is 18.7 Å². The normalized spacial score (nSPS) is 34.2. The molecule has 0 bridgehead atoms.